The minimum Gasteiger partial charge on any atom is -0.480 e. The quantitative estimate of drug-likeness (QED) is 0.690. The molecule has 0 heterocycles. The molecule has 0 aliphatic heterocycles. The number of aliphatic carboxylic acids is 1. The van der Waals surface area contributed by atoms with Gasteiger partial charge in [0, 0.05) is 0 Å². The Kier molecular flexibility index (Phi) is 4.40. The van der Waals surface area contributed by atoms with Crippen LogP contribution in [0.25, 0.3) is 0 Å². The number of hydrogen-bond acceptors (Lipinski definition) is 2. The number of carboxylic acid groups (broad SMARTS) is 1. The molecule has 0 aliphatic carbocycles. The molecule has 0 saturated heterocycles. The van der Waals surface area contributed by atoms with Crippen molar-refractivity contribution in [2.45, 2.75) is 46.6 Å². The zero-order chi connectivity index (χ0) is 10.6. The second-order valence-electron chi connectivity index (χ2n) is 4.45. The average molecular weight is 187 g/mol. The van der Waals surface area contributed by atoms with Gasteiger partial charge in [0.1, 0.15) is 6.04 Å². The molecule has 2 unspecified atom stereocenters. The predicted molar refractivity (Wildman–Crippen MR) is 53.5 cm³/mol. The molecule has 0 aromatic heterocycles. The maximum Gasteiger partial charge on any atom is 0.320 e. The third-order valence-electron chi connectivity index (χ3n) is 3.01. The third-order valence-corrected chi connectivity index (χ3v) is 3.01. The fraction of sp³-hybridized carbons (Fsp3) is 0.900. The van der Waals surface area contributed by atoms with Crippen LogP contribution in [0.15, 0.2) is 0 Å². The highest BCUT2D eigenvalue weighted by Gasteiger charge is 2.29. The summed E-state index contributed by atoms with van der Waals surface area (Å²) < 4.78 is 0. The molecule has 0 aliphatic rings. The summed E-state index contributed by atoms with van der Waals surface area (Å²) in [4.78, 5) is 10.6. The molecular formula is C10H21NO2. The Morgan fingerprint density at radius 1 is 1.54 bits per heavy atom. The summed E-state index contributed by atoms with van der Waals surface area (Å²) in [6.45, 7) is 8.39. The minimum atomic E-state index is -0.906. The van der Waals surface area contributed by atoms with Crippen molar-refractivity contribution in [1.82, 2.24) is 0 Å². The molecule has 0 amide bonds. The van der Waals surface area contributed by atoms with Gasteiger partial charge in [-0.1, -0.05) is 34.1 Å². The summed E-state index contributed by atoms with van der Waals surface area (Å²) in [6, 6.07) is -0.732. The second kappa shape index (κ2) is 4.61. The van der Waals surface area contributed by atoms with E-state index in [2.05, 4.69) is 27.7 Å². The van der Waals surface area contributed by atoms with E-state index < -0.39 is 12.0 Å². The first-order valence-corrected chi connectivity index (χ1v) is 4.79. The van der Waals surface area contributed by atoms with E-state index in [9.17, 15) is 4.79 Å². The van der Waals surface area contributed by atoms with Crippen LogP contribution in [0.1, 0.15) is 40.5 Å². The molecule has 0 fully saturated rings. The maximum absolute atomic E-state index is 10.6. The Morgan fingerprint density at radius 3 is 2.31 bits per heavy atom. The summed E-state index contributed by atoms with van der Waals surface area (Å²) in [5.74, 6) is -0.408. The van der Waals surface area contributed by atoms with Crippen LogP contribution in [0.4, 0.5) is 0 Å². The summed E-state index contributed by atoms with van der Waals surface area (Å²) >= 11 is 0. The van der Waals surface area contributed by atoms with Gasteiger partial charge in [0.25, 0.3) is 0 Å². The molecule has 2 atom stereocenters. The lowest BCUT2D eigenvalue weighted by molar-refractivity contribution is -0.139. The minimum absolute atomic E-state index is 0.00650. The number of hydrogen-bond donors (Lipinski definition) is 2. The molecule has 0 aromatic rings. The molecule has 0 bridgehead atoms. The fourth-order valence-electron chi connectivity index (χ4n) is 1.41. The van der Waals surface area contributed by atoms with E-state index in [0.717, 1.165) is 6.42 Å². The largest absolute Gasteiger partial charge is 0.480 e. The predicted octanol–water partition coefficient (Wildman–Crippen LogP) is 1.86. The second-order valence-corrected chi connectivity index (χ2v) is 4.45. The molecule has 0 spiro atoms. The average Bonchev–Trinajstić information content (AvgIpc) is 2.01. The van der Waals surface area contributed by atoms with Crippen LogP contribution in [0.3, 0.4) is 0 Å². The van der Waals surface area contributed by atoms with E-state index in [1.54, 1.807) is 0 Å². The van der Waals surface area contributed by atoms with Crippen molar-refractivity contribution in [3.05, 3.63) is 0 Å². The number of carbonyl (C=O) groups is 1. The highest BCUT2D eigenvalue weighted by Crippen LogP contribution is 2.33. The van der Waals surface area contributed by atoms with E-state index in [1.165, 1.54) is 0 Å². The molecule has 0 radical (unpaired) electrons. The Morgan fingerprint density at radius 2 is 2.00 bits per heavy atom. The van der Waals surface area contributed by atoms with E-state index >= 15 is 0 Å². The summed E-state index contributed by atoms with van der Waals surface area (Å²) in [6.07, 6.45) is 1.59. The van der Waals surface area contributed by atoms with Crippen molar-refractivity contribution in [2.75, 3.05) is 0 Å². The maximum atomic E-state index is 10.6. The van der Waals surface area contributed by atoms with Crippen molar-refractivity contribution < 1.29 is 9.90 Å². The molecule has 0 rings (SSSR count). The Bertz CT molecular complexity index is 178. The first-order chi connectivity index (χ1) is 5.81. The van der Waals surface area contributed by atoms with E-state index in [-0.39, 0.29) is 5.41 Å². The van der Waals surface area contributed by atoms with Gasteiger partial charge in [-0.25, -0.2) is 0 Å². The number of nitrogens with two attached hydrogens (primary N) is 1. The van der Waals surface area contributed by atoms with E-state index in [1.807, 2.05) is 0 Å². The molecule has 78 valence electrons. The van der Waals surface area contributed by atoms with E-state index in [4.69, 9.17) is 10.8 Å². The molecule has 13 heavy (non-hydrogen) atoms. The van der Waals surface area contributed by atoms with Gasteiger partial charge in [0.15, 0.2) is 0 Å². The zero-order valence-electron chi connectivity index (χ0n) is 9.00. The van der Waals surface area contributed by atoms with Crippen molar-refractivity contribution >= 4 is 5.97 Å². The lowest BCUT2D eigenvalue weighted by atomic mass is 9.74. The van der Waals surface area contributed by atoms with Crippen LogP contribution in [-0.2, 0) is 4.79 Å². The van der Waals surface area contributed by atoms with Crippen LogP contribution in [0.2, 0.25) is 0 Å². The SMILES string of the molecule is CCC(C)C(C)(C)CC(N)C(=O)O. The first kappa shape index (κ1) is 12.4. The standard InChI is InChI=1S/C10H21NO2/c1-5-7(2)10(3,4)6-8(11)9(12)13/h7-8H,5-6,11H2,1-4H3,(H,12,13). The van der Waals surface area contributed by atoms with Gasteiger partial charge < -0.3 is 10.8 Å². The first-order valence-electron chi connectivity index (χ1n) is 4.79. The van der Waals surface area contributed by atoms with Crippen LogP contribution in [0.5, 0.6) is 0 Å². The molecule has 3 nitrogen and oxygen atoms in total. The Balaban J connectivity index is 4.23. The third kappa shape index (κ3) is 3.77. The van der Waals surface area contributed by atoms with Gasteiger partial charge >= 0.3 is 5.97 Å². The van der Waals surface area contributed by atoms with Gasteiger partial charge in [-0.3, -0.25) is 4.79 Å². The van der Waals surface area contributed by atoms with Crippen LogP contribution in [-0.4, -0.2) is 17.1 Å². The topological polar surface area (TPSA) is 63.3 Å². The van der Waals surface area contributed by atoms with Gasteiger partial charge in [-0.15, -0.1) is 0 Å². The van der Waals surface area contributed by atoms with Crippen LogP contribution >= 0.6 is 0 Å². The Labute approximate surface area is 80.3 Å². The highest BCUT2D eigenvalue weighted by molar-refractivity contribution is 5.73. The zero-order valence-corrected chi connectivity index (χ0v) is 9.00. The van der Waals surface area contributed by atoms with Crippen molar-refractivity contribution in [1.29, 1.82) is 0 Å². The number of rotatable bonds is 5. The fourth-order valence-corrected chi connectivity index (χ4v) is 1.41. The normalized spacial score (nSPS) is 16.7. The van der Waals surface area contributed by atoms with Crippen LogP contribution < -0.4 is 5.73 Å². The van der Waals surface area contributed by atoms with Gasteiger partial charge in [0.2, 0.25) is 0 Å². The smallest absolute Gasteiger partial charge is 0.320 e. The van der Waals surface area contributed by atoms with Crippen molar-refractivity contribution in [2.24, 2.45) is 17.1 Å². The Hall–Kier alpha value is -0.570. The van der Waals surface area contributed by atoms with E-state index in [0.29, 0.717) is 12.3 Å². The van der Waals surface area contributed by atoms with Gasteiger partial charge in [-0.05, 0) is 17.8 Å². The van der Waals surface area contributed by atoms with Crippen molar-refractivity contribution in [3.63, 3.8) is 0 Å². The molecule has 3 heteroatoms. The molecule has 3 N–H and O–H groups in total. The monoisotopic (exact) mass is 187 g/mol. The number of carboxylic acids is 1. The summed E-state index contributed by atoms with van der Waals surface area (Å²) in [5.41, 5.74) is 5.50. The van der Waals surface area contributed by atoms with Crippen molar-refractivity contribution in [3.8, 4) is 0 Å². The lowest BCUT2D eigenvalue weighted by Crippen LogP contribution is -2.37. The van der Waals surface area contributed by atoms with Gasteiger partial charge in [0.05, 0.1) is 0 Å². The molecular weight excluding hydrogens is 166 g/mol. The lowest BCUT2D eigenvalue weighted by Gasteiger charge is -2.32. The molecule has 0 aromatic carbocycles. The van der Waals surface area contributed by atoms with Crippen LogP contribution in [0, 0.1) is 11.3 Å². The summed E-state index contributed by atoms with van der Waals surface area (Å²) in [5, 5.41) is 8.67. The van der Waals surface area contributed by atoms with Gasteiger partial charge in [-0.2, -0.15) is 0 Å². The highest BCUT2D eigenvalue weighted by atomic mass is 16.4. The molecule has 0 saturated carbocycles. The summed E-state index contributed by atoms with van der Waals surface area (Å²) in [7, 11) is 0.